The van der Waals surface area contributed by atoms with Gasteiger partial charge in [-0.25, -0.2) is 8.42 Å². The number of ketones is 1. The second kappa shape index (κ2) is 10.8. The van der Waals surface area contributed by atoms with Crippen LogP contribution in [0.1, 0.15) is 41.2 Å². The molecule has 7 nitrogen and oxygen atoms in total. The fourth-order valence-electron chi connectivity index (χ4n) is 3.75. The van der Waals surface area contributed by atoms with Gasteiger partial charge in [-0.1, -0.05) is 43.1 Å². The van der Waals surface area contributed by atoms with E-state index in [9.17, 15) is 18.0 Å². The molecule has 186 valence electrons. The summed E-state index contributed by atoms with van der Waals surface area (Å²) in [5.74, 6) is -1.60. The van der Waals surface area contributed by atoms with Gasteiger partial charge in [0, 0.05) is 27.7 Å². The molecule has 3 aromatic rings. The molecule has 0 spiro atoms. The van der Waals surface area contributed by atoms with Crippen LogP contribution in [0.15, 0.2) is 59.5 Å². The number of benzene rings is 2. The molecule has 0 bridgehead atoms. The predicted octanol–water partition coefficient (Wildman–Crippen LogP) is 4.78. The average molecular weight is 517 g/mol. The number of esters is 1. The number of nitrogens with one attached hydrogen (secondary N) is 1. The topological polar surface area (TPSA) is 94.5 Å². The summed E-state index contributed by atoms with van der Waals surface area (Å²) >= 11 is 5.83. The fraction of sp³-hybridized carbons (Fsp3) is 0.308. The lowest BCUT2D eigenvalue weighted by Crippen LogP contribution is -2.45. The quantitative estimate of drug-likeness (QED) is 0.326. The fourth-order valence-corrected chi connectivity index (χ4v) is 5.20. The SMILES string of the molecule is Cc1ccc(-n2c(C)cc(C(=O)COC(=O)C(NS(=O)(=O)c3ccc(Cl)cc3)C(C)C)c2C)cc1. The molecule has 0 aliphatic rings. The van der Waals surface area contributed by atoms with Crippen LogP contribution in [0.4, 0.5) is 0 Å². The summed E-state index contributed by atoms with van der Waals surface area (Å²) in [5, 5.41) is 0.393. The van der Waals surface area contributed by atoms with E-state index < -0.39 is 34.6 Å². The Morgan fingerprint density at radius 3 is 2.17 bits per heavy atom. The number of ether oxygens (including phenoxy) is 1. The number of aryl methyl sites for hydroxylation is 2. The van der Waals surface area contributed by atoms with E-state index in [4.69, 9.17) is 16.3 Å². The van der Waals surface area contributed by atoms with Crippen LogP contribution in [0, 0.1) is 26.7 Å². The van der Waals surface area contributed by atoms with Crippen molar-refractivity contribution in [3.05, 3.63) is 82.1 Å². The van der Waals surface area contributed by atoms with Crippen LogP contribution in [0.5, 0.6) is 0 Å². The molecule has 0 fully saturated rings. The standard InChI is InChI=1S/C26H29ClN2O5S/c1-16(2)25(28-35(32,33)22-12-8-20(27)9-13-22)26(31)34-15-24(30)23-14-18(4)29(19(23)5)21-10-6-17(3)7-11-21/h6-14,16,25,28H,15H2,1-5H3. The molecule has 0 saturated carbocycles. The lowest BCUT2D eigenvalue weighted by atomic mass is 10.1. The number of carbonyl (C=O) groups is 2. The molecule has 0 radical (unpaired) electrons. The normalized spacial score (nSPS) is 12.5. The number of aromatic nitrogens is 1. The molecule has 2 aromatic carbocycles. The van der Waals surface area contributed by atoms with Gasteiger partial charge in [-0.3, -0.25) is 9.59 Å². The largest absolute Gasteiger partial charge is 0.456 e. The van der Waals surface area contributed by atoms with Crippen molar-refractivity contribution >= 4 is 33.4 Å². The molecule has 0 saturated heterocycles. The van der Waals surface area contributed by atoms with Crippen LogP contribution in [0.2, 0.25) is 5.02 Å². The predicted molar refractivity (Wildman–Crippen MR) is 136 cm³/mol. The van der Waals surface area contributed by atoms with Crippen molar-refractivity contribution < 1.29 is 22.7 Å². The van der Waals surface area contributed by atoms with Crippen LogP contribution in [0.3, 0.4) is 0 Å². The maximum Gasteiger partial charge on any atom is 0.324 e. The van der Waals surface area contributed by atoms with Crippen LogP contribution in [-0.2, 0) is 19.6 Å². The van der Waals surface area contributed by atoms with Crippen molar-refractivity contribution in [2.24, 2.45) is 5.92 Å². The molecule has 3 rings (SSSR count). The molecule has 35 heavy (non-hydrogen) atoms. The zero-order valence-corrected chi connectivity index (χ0v) is 21.9. The number of nitrogens with zero attached hydrogens (tertiary/aromatic N) is 1. The molecule has 0 aliphatic carbocycles. The highest BCUT2D eigenvalue weighted by atomic mass is 35.5. The third-order valence-corrected chi connectivity index (χ3v) is 7.40. The summed E-state index contributed by atoms with van der Waals surface area (Å²) in [4.78, 5) is 25.6. The summed E-state index contributed by atoms with van der Waals surface area (Å²) in [6.07, 6.45) is 0. The van der Waals surface area contributed by atoms with Crippen LogP contribution in [-0.4, -0.2) is 37.4 Å². The van der Waals surface area contributed by atoms with E-state index in [0.29, 0.717) is 10.6 Å². The molecule has 1 aromatic heterocycles. The highest BCUT2D eigenvalue weighted by molar-refractivity contribution is 7.89. The van der Waals surface area contributed by atoms with E-state index in [0.717, 1.165) is 22.6 Å². The van der Waals surface area contributed by atoms with Crippen molar-refractivity contribution in [1.29, 1.82) is 0 Å². The van der Waals surface area contributed by atoms with E-state index in [1.807, 2.05) is 49.6 Å². The summed E-state index contributed by atoms with van der Waals surface area (Å²) in [5.41, 5.74) is 4.11. The van der Waals surface area contributed by atoms with Gasteiger partial charge in [0.2, 0.25) is 15.8 Å². The van der Waals surface area contributed by atoms with Gasteiger partial charge in [0.1, 0.15) is 6.04 Å². The van der Waals surface area contributed by atoms with Crippen molar-refractivity contribution in [3.63, 3.8) is 0 Å². The minimum atomic E-state index is -4.00. The van der Waals surface area contributed by atoms with Crippen molar-refractivity contribution in [3.8, 4) is 5.69 Å². The lowest BCUT2D eigenvalue weighted by Gasteiger charge is -2.20. The Balaban J connectivity index is 1.73. The summed E-state index contributed by atoms with van der Waals surface area (Å²) in [6, 6.07) is 14.1. The Kier molecular flexibility index (Phi) is 8.20. The van der Waals surface area contributed by atoms with Gasteiger partial charge in [-0.05, 0) is 69.2 Å². The van der Waals surface area contributed by atoms with Gasteiger partial charge < -0.3 is 9.30 Å². The highest BCUT2D eigenvalue weighted by Gasteiger charge is 2.30. The van der Waals surface area contributed by atoms with E-state index in [-0.39, 0.29) is 10.7 Å². The molecule has 1 atom stereocenters. The monoisotopic (exact) mass is 516 g/mol. The van der Waals surface area contributed by atoms with Gasteiger partial charge >= 0.3 is 5.97 Å². The Morgan fingerprint density at radius 2 is 1.60 bits per heavy atom. The minimum absolute atomic E-state index is 0.0278. The van der Waals surface area contributed by atoms with Gasteiger partial charge in [0.25, 0.3) is 0 Å². The Morgan fingerprint density at radius 1 is 1.00 bits per heavy atom. The van der Waals surface area contributed by atoms with Crippen LogP contribution in [0.25, 0.3) is 5.69 Å². The molecule has 9 heteroatoms. The first-order valence-corrected chi connectivity index (χ1v) is 13.0. The minimum Gasteiger partial charge on any atom is -0.456 e. The van der Waals surface area contributed by atoms with E-state index >= 15 is 0 Å². The Bertz CT molecular complexity index is 1330. The summed E-state index contributed by atoms with van der Waals surface area (Å²) < 4.78 is 35.1. The third-order valence-electron chi connectivity index (χ3n) is 5.70. The first-order valence-electron chi connectivity index (χ1n) is 11.1. The second-order valence-electron chi connectivity index (χ2n) is 8.78. The van der Waals surface area contributed by atoms with Crippen molar-refractivity contribution in [1.82, 2.24) is 9.29 Å². The maximum absolute atomic E-state index is 12.9. The zero-order chi connectivity index (χ0) is 25.9. The van der Waals surface area contributed by atoms with Crippen LogP contribution >= 0.6 is 11.6 Å². The zero-order valence-electron chi connectivity index (χ0n) is 20.3. The van der Waals surface area contributed by atoms with E-state index in [2.05, 4.69) is 4.72 Å². The van der Waals surface area contributed by atoms with Gasteiger partial charge in [-0.2, -0.15) is 4.72 Å². The third kappa shape index (κ3) is 6.20. The molecule has 1 heterocycles. The Hall–Kier alpha value is -2.94. The number of halogens is 1. The number of hydrogen-bond acceptors (Lipinski definition) is 5. The lowest BCUT2D eigenvalue weighted by molar-refractivity contribution is -0.145. The van der Waals surface area contributed by atoms with Gasteiger partial charge in [-0.15, -0.1) is 0 Å². The highest BCUT2D eigenvalue weighted by Crippen LogP contribution is 2.22. The summed E-state index contributed by atoms with van der Waals surface area (Å²) in [7, 11) is -4.00. The number of carbonyl (C=O) groups excluding carboxylic acids is 2. The van der Waals surface area contributed by atoms with E-state index in [1.165, 1.54) is 24.3 Å². The van der Waals surface area contributed by atoms with E-state index in [1.54, 1.807) is 19.9 Å². The van der Waals surface area contributed by atoms with Crippen molar-refractivity contribution in [2.45, 2.75) is 45.6 Å². The molecular formula is C26H29ClN2O5S. The smallest absolute Gasteiger partial charge is 0.324 e. The first kappa shape index (κ1) is 26.7. The average Bonchev–Trinajstić information content (AvgIpc) is 3.10. The number of hydrogen-bond donors (Lipinski definition) is 1. The Labute approximate surface area is 211 Å². The molecule has 1 N–H and O–H groups in total. The number of rotatable bonds is 9. The molecule has 0 amide bonds. The first-order chi connectivity index (χ1) is 16.4. The van der Waals surface area contributed by atoms with Gasteiger partial charge in [0.15, 0.2) is 6.61 Å². The van der Waals surface area contributed by atoms with Crippen molar-refractivity contribution in [2.75, 3.05) is 6.61 Å². The molecular weight excluding hydrogens is 488 g/mol. The summed E-state index contributed by atoms with van der Waals surface area (Å²) in [6.45, 7) is 8.61. The maximum atomic E-state index is 12.9. The second-order valence-corrected chi connectivity index (χ2v) is 10.9. The number of Topliss-reactive ketones (excluding diaryl/α,β-unsaturated/α-hetero) is 1. The van der Waals surface area contributed by atoms with Gasteiger partial charge in [0.05, 0.1) is 4.90 Å². The van der Waals surface area contributed by atoms with Crippen LogP contribution < -0.4 is 4.72 Å². The molecule has 0 aliphatic heterocycles. The molecule has 1 unspecified atom stereocenters. The number of sulfonamides is 1.